The van der Waals surface area contributed by atoms with E-state index in [4.69, 9.17) is 23.2 Å². The fourth-order valence-corrected chi connectivity index (χ4v) is 4.50. The molecule has 5 nitrogen and oxygen atoms in total. The summed E-state index contributed by atoms with van der Waals surface area (Å²) in [5, 5.41) is 14.4. The molecule has 0 saturated heterocycles. The Morgan fingerprint density at radius 1 is 1.06 bits per heavy atom. The van der Waals surface area contributed by atoms with Crippen molar-refractivity contribution in [2.24, 2.45) is 0 Å². The van der Waals surface area contributed by atoms with E-state index in [1.54, 1.807) is 0 Å². The van der Waals surface area contributed by atoms with E-state index in [0.29, 0.717) is 22.4 Å². The molecule has 1 aliphatic carbocycles. The monoisotopic (exact) mass is 555 g/mol. The van der Waals surface area contributed by atoms with Crippen molar-refractivity contribution in [2.45, 2.75) is 36.7 Å². The van der Waals surface area contributed by atoms with Gasteiger partial charge in [0.2, 0.25) is 0 Å². The first-order valence-corrected chi connectivity index (χ1v) is 10.6. The number of halogens is 10. The second-order valence-electron chi connectivity index (χ2n) is 7.88. The fraction of sp³-hybridized carbons (Fsp3) is 0.286. The second-order valence-corrected chi connectivity index (χ2v) is 8.69. The van der Waals surface area contributed by atoms with Crippen LogP contribution < -0.4 is 5.32 Å². The van der Waals surface area contributed by atoms with Crippen LogP contribution in [0.15, 0.2) is 36.7 Å². The summed E-state index contributed by atoms with van der Waals surface area (Å²) in [5.74, 6) is -4.99. The quantitative estimate of drug-likeness (QED) is 0.347. The molecule has 1 saturated carbocycles. The van der Waals surface area contributed by atoms with Crippen LogP contribution in [0, 0.1) is 11.3 Å². The maximum atomic E-state index is 14.4. The zero-order valence-corrected chi connectivity index (χ0v) is 19.0. The minimum atomic E-state index is -5.50. The number of nitriles is 1. The van der Waals surface area contributed by atoms with Crippen molar-refractivity contribution >= 4 is 29.0 Å². The van der Waals surface area contributed by atoms with E-state index in [1.165, 1.54) is 30.6 Å². The van der Waals surface area contributed by atoms with Crippen LogP contribution in [0.1, 0.15) is 28.8 Å². The number of hydrogen-bond donors (Lipinski definition) is 1. The molecule has 0 spiro atoms. The largest absolute Gasteiger partial charge is 0.416 e. The summed E-state index contributed by atoms with van der Waals surface area (Å²) in [6.07, 6.45) is -9.28. The fourth-order valence-electron chi connectivity index (χ4n) is 3.85. The molecular weight excluding hydrogens is 545 g/mol. The standard InChI is InChI=1S/C21H11Cl2F8N5/c22-12-5-11(20(26,27)28)6-13(23)16(12)36-17(34-8-10-1-3-33-4-2-10)15(14(7-32)35-36)18(21(29,30)31)9-19(18,24)25/h1-6,34H,8-9H2. The lowest BCUT2D eigenvalue weighted by molar-refractivity contribution is -0.182. The van der Waals surface area contributed by atoms with E-state index in [-0.39, 0.29) is 6.54 Å². The molecule has 2 aromatic heterocycles. The van der Waals surface area contributed by atoms with Crippen LogP contribution in [0.4, 0.5) is 40.9 Å². The number of pyridine rings is 1. The summed E-state index contributed by atoms with van der Waals surface area (Å²) in [6, 6.07) is 5.23. The van der Waals surface area contributed by atoms with Gasteiger partial charge in [-0.25, -0.2) is 13.5 Å². The van der Waals surface area contributed by atoms with Crippen molar-refractivity contribution < 1.29 is 35.1 Å². The van der Waals surface area contributed by atoms with Gasteiger partial charge >= 0.3 is 12.4 Å². The summed E-state index contributed by atoms with van der Waals surface area (Å²) >= 11 is 12.0. The van der Waals surface area contributed by atoms with Crippen LogP contribution in [0.3, 0.4) is 0 Å². The number of nitrogens with zero attached hydrogens (tertiary/aromatic N) is 4. The maximum Gasteiger partial charge on any atom is 0.416 e. The normalized spacial score (nSPS) is 19.1. The molecule has 1 atom stereocenters. The van der Waals surface area contributed by atoms with Crippen LogP contribution in [0.25, 0.3) is 5.69 Å². The van der Waals surface area contributed by atoms with Crippen LogP contribution in [-0.4, -0.2) is 26.9 Å². The Labute approximate surface area is 207 Å². The third-order valence-corrected chi connectivity index (χ3v) is 6.23. The van der Waals surface area contributed by atoms with Gasteiger partial charge in [-0.15, -0.1) is 0 Å². The van der Waals surface area contributed by atoms with Gasteiger partial charge in [0.1, 0.15) is 17.6 Å². The molecule has 0 aliphatic heterocycles. The molecule has 36 heavy (non-hydrogen) atoms. The van der Waals surface area contributed by atoms with Gasteiger partial charge in [0.15, 0.2) is 11.1 Å². The zero-order valence-electron chi connectivity index (χ0n) is 17.4. The van der Waals surface area contributed by atoms with Gasteiger partial charge in [-0.05, 0) is 29.8 Å². The Morgan fingerprint density at radius 2 is 1.61 bits per heavy atom. The van der Waals surface area contributed by atoms with Gasteiger partial charge in [0.05, 0.1) is 21.2 Å². The molecule has 0 radical (unpaired) electrons. The average molecular weight is 556 g/mol. The highest BCUT2D eigenvalue weighted by molar-refractivity contribution is 6.38. The van der Waals surface area contributed by atoms with Crippen LogP contribution >= 0.6 is 23.2 Å². The van der Waals surface area contributed by atoms with Crippen molar-refractivity contribution in [1.29, 1.82) is 5.26 Å². The van der Waals surface area contributed by atoms with E-state index < -0.39 is 68.5 Å². The van der Waals surface area contributed by atoms with Gasteiger partial charge in [-0.1, -0.05) is 23.2 Å². The number of benzene rings is 1. The highest BCUT2D eigenvalue weighted by atomic mass is 35.5. The maximum absolute atomic E-state index is 14.4. The number of rotatable bonds is 5. The molecule has 1 aliphatic rings. The molecule has 4 rings (SSSR count). The van der Waals surface area contributed by atoms with Crippen molar-refractivity contribution in [1.82, 2.24) is 14.8 Å². The van der Waals surface area contributed by atoms with Crippen LogP contribution in [-0.2, 0) is 18.1 Å². The molecule has 15 heteroatoms. The molecule has 1 N–H and O–H groups in total. The summed E-state index contributed by atoms with van der Waals surface area (Å²) in [6.45, 7) is -0.249. The summed E-state index contributed by atoms with van der Waals surface area (Å²) in [5.41, 5.74) is -7.28. The van der Waals surface area contributed by atoms with E-state index >= 15 is 0 Å². The Kier molecular flexibility index (Phi) is 6.12. The third-order valence-electron chi connectivity index (χ3n) is 5.65. The zero-order chi connectivity index (χ0) is 26.7. The SMILES string of the molecule is N#Cc1nn(-c2c(Cl)cc(C(F)(F)F)cc2Cl)c(NCc2ccncc2)c1C1(C(F)(F)F)CC1(F)F. The summed E-state index contributed by atoms with van der Waals surface area (Å²) in [7, 11) is 0. The van der Waals surface area contributed by atoms with Gasteiger partial charge in [0, 0.05) is 25.4 Å². The molecule has 2 heterocycles. The molecule has 190 valence electrons. The summed E-state index contributed by atoms with van der Waals surface area (Å²) < 4.78 is 111. The lowest BCUT2D eigenvalue weighted by Crippen LogP contribution is -2.35. The minimum Gasteiger partial charge on any atom is -0.366 e. The first-order valence-electron chi connectivity index (χ1n) is 9.81. The average Bonchev–Trinajstić information content (AvgIpc) is 3.19. The Bertz CT molecular complexity index is 1340. The molecule has 1 unspecified atom stereocenters. The van der Waals surface area contributed by atoms with Crippen molar-refractivity contribution in [2.75, 3.05) is 5.32 Å². The number of alkyl halides is 8. The first kappa shape index (κ1) is 26.0. The number of hydrogen-bond acceptors (Lipinski definition) is 4. The highest BCUT2D eigenvalue weighted by Crippen LogP contribution is 2.70. The molecule has 3 aromatic rings. The van der Waals surface area contributed by atoms with Crippen molar-refractivity contribution in [3.05, 3.63) is 69.1 Å². The molecular formula is C21H11Cl2F8N5. The Morgan fingerprint density at radius 3 is 2.06 bits per heavy atom. The highest BCUT2D eigenvalue weighted by Gasteiger charge is 2.86. The molecule has 1 fully saturated rings. The smallest absolute Gasteiger partial charge is 0.366 e. The van der Waals surface area contributed by atoms with E-state index in [0.717, 1.165) is 0 Å². The van der Waals surface area contributed by atoms with E-state index in [2.05, 4.69) is 15.4 Å². The number of aromatic nitrogens is 3. The lowest BCUT2D eigenvalue weighted by Gasteiger charge is -2.22. The number of anilines is 1. The van der Waals surface area contributed by atoms with Gasteiger partial charge < -0.3 is 5.32 Å². The topological polar surface area (TPSA) is 66.5 Å². The van der Waals surface area contributed by atoms with E-state index in [9.17, 15) is 40.4 Å². The number of nitrogens with one attached hydrogen (secondary N) is 1. The third kappa shape index (κ3) is 4.12. The van der Waals surface area contributed by atoms with Crippen LogP contribution in [0.2, 0.25) is 10.0 Å². The van der Waals surface area contributed by atoms with E-state index in [1.807, 2.05) is 0 Å². The summed E-state index contributed by atoms with van der Waals surface area (Å²) in [4.78, 5) is 3.79. The van der Waals surface area contributed by atoms with Gasteiger partial charge in [-0.2, -0.15) is 36.7 Å². The molecule has 1 aromatic carbocycles. The molecule has 0 amide bonds. The second kappa shape index (κ2) is 8.48. The van der Waals surface area contributed by atoms with Gasteiger partial charge in [0.25, 0.3) is 5.92 Å². The van der Waals surface area contributed by atoms with Crippen molar-refractivity contribution in [3.8, 4) is 11.8 Å². The Hall–Kier alpha value is -3.11. The predicted octanol–water partition coefficient (Wildman–Crippen LogP) is 6.92. The van der Waals surface area contributed by atoms with Gasteiger partial charge in [-0.3, -0.25) is 4.98 Å². The Balaban J connectivity index is 1.98. The molecule has 0 bridgehead atoms. The first-order chi connectivity index (χ1) is 16.6. The van der Waals surface area contributed by atoms with Crippen LogP contribution in [0.5, 0.6) is 0 Å². The minimum absolute atomic E-state index is 0.249. The van der Waals surface area contributed by atoms with Crippen molar-refractivity contribution in [3.63, 3.8) is 0 Å². The predicted molar refractivity (Wildman–Crippen MR) is 112 cm³/mol. The lowest BCUT2D eigenvalue weighted by atomic mass is 9.93.